The number of hydrogen-bond acceptors (Lipinski definition) is 5. The average molecular weight is 438 g/mol. The van der Waals surface area contributed by atoms with E-state index in [0.29, 0.717) is 0 Å². The summed E-state index contributed by atoms with van der Waals surface area (Å²) in [6.07, 6.45) is 6.67. The molecule has 0 saturated heterocycles. The molecule has 0 unspecified atom stereocenters. The number of furan rings is 1. The third kappa shape index (κ3) is 4.15. The number of fused-ring (bicyclic) bond motifs is 2. The maximum atomic E-state index is 12.3. The lowest BCUT2D eigenvalue weighted by atomic mass is 10.2. The molecule has 0 atom stereocenters. The van der Waals surface area contributed by atoms with Gasteiger partial charge in [0.15, 0.2) is 11.5 Å². The fraction of sp³-hybridized carbons (Fsp3) is 0. The molecule has 3 aromatic heterocycles. The van der Waals surface area contributed by atoms with Crippen LogP contribution in [0.5, 0.6) is 0 Å². The first-order chi connectivity index (χ1) is 16.2. The van der Waals surface area contributed by atoms with Gasteiger partial charge in [-0.15, -0.1) is 0 Å². The Morgan fingerprint density at radius 2 is 1.15 bits per heavy atom. The molecule has 0 aliphatic carbocycles. The topological polar surface area (TPSA) is 128 Å². The van der Waals surface area contributed by atoms with Crippen LogP contribution in [-0.2, 0) is 0 Å². The zero-order chi connectivity index (χ0) is 22.6. The number of carbonyl (C=O) groups is 2. The summed E-state index contributed by atoms with van der Waals surface area (Å²) in [6, 6.07) is 18.3. The number of para-hydroxylation sites is 2. The Labute approximate surface area is 187 Å². The number of H-pyrrole nitrogens is 2. The van der Waals surface area contributed by atoms with Crippen molar-refractivity contribution in [2.45, 2.75) is 0 Å². The van der Waals surface area contributed by atoms with Gasteiger partial charge in [-0.1, -0.05) is 36.4 Å². The van der Waals surface area contributed by atoms with Crippen molar-refractivity contribution in [3.8, 4) is 0 Å². The Balaban J connectivity index is 1.19. The number of aromatic amines is 2. The molecule has 5 rings (SSSR count). The van der Waals surface area contributed by atoms with Crippen molar-refractivity contribution in [2.75, 3.05) is 0 Å². The van der Waals surface area contributed by atoms with Crippen LogP contribution >= 0.6 is 0 Å². The number of amides is 2. The summed E-state index contributed by atoms with van der Waals surface area (Å²) in [6.45, 7) is 0. The molecule has 0 spiro atoms. The maximum absolute atomic E-state index is 12.3. The van der Waals surface area contributed by atoms with Gasteiger partial charge in [-0.05, 0) is 24.3 Å². The molecule has 3 heterocycles. The van der Waals surface area contributed by atoms with Crippen molar-refractivity contribution in [1.82, 2.24) is 20.8 Å². The molecule has 9 nitrogen and oxygen atoms in total. The molecular weight excluding hydrogens is 420 g/mol. The highest BCUT2D eigenvalue weighted by Gasteiger charge is 2.15. The average Bonchev–Trinajstić information content (AvgIpc) is 3.58. The second kappa shape index (κ2) is 8.67. The van der Waals surface area contributed by atoms with Gasteiger partial charge in [0.2, 0.25) is 0 Å². The van der Waals surface area contributed by atoms with Gasteiger partial charge in [-0.3, -0.25) is 9.59 Å². The monoisotopic (exact) mass is 438 g/mol. The van der Waals surface area contributed by atoms with Gasteiger partial charge in [-0.25, -0.2) is 10.9 Å². The van der Waals surface area contributed by atoms with E-state index in [4.69, 9.17) is 4.42 Å². The Bertz CT molecular complexity index is 1410. The normalized spacial score (nSPS) is 11.6. The fourth-order valence-electron chi connectivity index (χ4n) is 3.41. The molecule has 2 amide bonds. The molecule has 0 fully saturated rings. The van der Waals surface area contributed by atoms with E-state index >= 15 is 0 Å². The second-order valence-corrected chi connectivity index (χ2v) is 7.14. The molecule has 0 bridgehead atoms. The van der Waals surface area contributed by atoms with E-state index in [1.54, 1.807) is 12.4 Å². The van der Waals surface area contributed by atoms with Crippen LogP contribution in [0, 0.1) is 0 Å². The van der Waals surface area contributed by atoms with Crippen molar-refractivity contribution < 1.29 is 14.0 Å². The summed E-state index contributed by atoms with van der Waals surface area (Å²) in [5, 5.41) is 9.90. The van der Waals surface area contributed by atoms with Crippen molar-refractivity contribution in [3.63, 3.8) is 0 Å². The first-order valence-corrected chi connectivity index (χ1v) is 10.1. The number of aromatic nitrogens is 2. The third-order valence-corrected chi connectivity index (χ3v) is 5.04. The number of rotatable bonds is 6. The predicted octanol–water partition coefficient (Wildman–Crippen LogP) is 3.77. The fourth-order valence-corrected chi connectivity index (χ4v) is 3.41. The summed E-state index contributed by atoms with van der Waals surface area (Å²) in [5.74, 6) is -1.24. The van der Waals surface area contributed by atoms with Crippen LogP contribution in [0.2, 0.25) is 0 Å². The van der Waals surface area contributed by atoms with E-state index in [0.717, 1.165) is 32.9 Å². The van der Waals surface area contributed by atoms with Gasteiger partial charge in [0.25, 0.3) is 0 Å². The summed E-state index contributed by atoms with van der Waals surface area (Å²) in [4.78, 5) is 30.8. The SMILES string of the molecule is O=C(N/N=C\c1c[nH]c2ccccc12)c1ccc(C(=O)N/N=C\c2c[nH]c3ccccc23)o1. The quantitative estimate of drug-likeness (QED) is 0.238. The van der Waals surface area contributed by atoms with E-state index in [9.17, 15) is 9.59 Å². The van der Waals surface area contributed by atoms with Crippen LogP contribution in [0.3, 0.4) is 0 Å². The highest BCUT2D eigenvalue weighted by Crippen LogP contribution is 2.16. The molecule has 5 aromatic rings. The molecule has 162 valence electrons. The van der Waals surface area contributed by atoms with E-state index in [1.807, 2.05) is 48.5 Å². The molecule has 0 aliphatic rings. The summed E-state index contributed by atoms with van der Waals surface area (Å²) < 4.78 is 5.34. The maximum Gasteiger partial charge on any atom is 0.307 e. The number of benzene rings is 2. The van der Waals surface area contributed by atoms with Crippen molar-refractivity contribution in [1.29, 1.82) is 0 Å². The van der Waals surface area contributed by atoms with Crippen molar-refractivity contribution in [2.24, 2.45) is 10.2 Å². The van der Waals surface area contributed by atoms with E-state index in [1.165, 1.54) is 24.6 Å². The third-order valence-electron chi connectivity index (χ3n) is 5.04. The van der Waals surface area contributed by atoms with E-state index in [-0.39, 0.29) is 11.5 Å². The zero-order valence-corrected chi connectivity index (χ0v) is 17.2. The predicted molar refractivity (Wildman–Crippen MR) is 125 cm³/mol. The lowest BCUT2D eigenvalue weighted by Crippen LogP contribution is -2.18. The van der Waals surface area contributed by atoms with E-state index in [2.05, 4.69) is 31.0 Å². The number of nitrogens with one attached hydrogen (secondary N) is 4. The minimum Gasteiger partial charge on any atom is -0.446 e. The smallest absolute Gasteiger partial charge is 0.307 e. The summed E-state index contributed by atoms with van der Waals surface area (Å²) >= 11 is 0. The molecule has 9 heteroatoms. The van der Waals surface area contributed by atoms with Crippen LogP contribution in [0.4, 0.5) is 0 Å². The standard InChI is InChI=1S/C24H18N6O3/c31-23(29-27-13-15-11-25-19-7-3-1-5-17(15)19)21-9-10-22(33-21)24(32)30-28-14-16-12-26-20-8-4-2-6-18(16)20/h1-14,25-26H,(H,29,31)(H,30,32)/b27-13-,28-14-. The number of hydrazone groups is 2. The van der Waals surface area contributed by atoms with Gasteiger partial charge in [-0.2, -0.15) is 10.2 Å². The van der Waals surface area contributed by atoms with Crippen molar-refractivity contribution >= 4 is 46.0 Å². The molecule has 4 N–H and O–H groups in total. The van der Waals surface area contributed by atoms with Crippen LogP contribution in [0.25, 0.3) is 21.8 Å². The Kier molecular flexibility index (Phi) is 5.26. The van der Waals surface area contributed by atoms with Gasteiger partial charge in [0, 0.05) is 45.3 Å². The lowest BCUT2D eigenvalue weighted by Gasteiger charge is -1.97. The summed E-state index contributed by atoms with van der Waals surface area (Å²) in [5.41, 5.74) is 8.39. The van der Waals surface area contributed by atoms with Gasteiger partial charge in [0.05, 0.1) is 12.4 Å². The molecule has 2 aromatic carbocycles. The Hall–Kier alpha value is -4.92. The van der Waals surface area contributed by atoms with Gasteiger partial charge >= 0.3 is 11.8 Å². The number of hydrogen-bond donors (Lipinski definition) is 4. The minimum atomic E-state index is -0.576. The first-order valence-electron chi connectivity index (χ1n) is 10.1. The highest BCUT2D eigenvalue weighted by molar-refractivity contribution is 6.01. The Morgan fingerprint density at radius 3 is 1.64 bits per heavy atom. The van der Waals surface area contributed by atoms with Crippen molar-refractivity contribution in [3.05, 3.63) is 95.7 Å². The van der Waals surface area contributed by atoms with Gasteiger partial charge < -0.3 is 14.4 Å². The van der Waals surface area contributed by atoms with Crippen LogP contribution in [-0.4, -0.2) is 34.2 Å². The molecular formula is C24H18N6O3. The van der Waals surface area contributed by atoms with Crippen LogP contribution < -0.4 is 10.9 Å². The van der Waals surface area contributed by atoms with E-state index < -0.39 is 11.8 Å². The molecule has 33 heavy (non-hydrogen) atoms. The van der Waals surface area contributed by atoms with Gasteiger partial charge in [0.1, 0.15) is 0 Å². The molecule has 0 aliphatic heterocycles. The molecule has 0 radical (unpaired) electrons. The largest absolute Gasteiger partial charge is 0.446 e. The molecule has 0 saturated carbocycles. The van der Waals surface area contributed by atoms with Crippen LogP contribution in [0.1, 0.15) is 32.2 Å². The first kappa shape index (κ1) is 20.0. The Morgan fingerprint density at radius 1 is 0.697 bits per heavy atom. The second-order valence-electron chi connectivity index (χ2n) is 7.14. The number of carbonyl (C=O) groups excluding carboxylic acids is 2. The zero-order valence-electron chi connectivity index (χ0n) is 17.2. The lowest BCUT2D eigenvalue weighted by molar-refractivity contribution is 0.0902. The number of nitrogens with zero attached hydrogens (tertiary/aromatic N) is 2. The minimum absolute atomic E-state index is 0.0446. The van der Waals surface area contributed by atoms with Crippen LogP contribution in [0.15, 0.2) is 87.7 Å². The highest BCUT2D eigenvalue weighted by atomic mass is 16.4. The summed E-state index contributed by atoms with van der Waals surface area (Å²) in [7, 11) is 0.